The van der Waals surface area contributed by atoms with Gasteiger partial charge in [0.05, 0.1) is 31.3 Å². The molecule has 1 fully saturated rings. The first-order chi connectivity index (χ1) is 29.3. The van der Waals surface area contributed by atoms with Gasteiger partial charge in [-0.3, -0.25) is 19.3 Å². The summed E-state index contributed by atoms with van der Waals surface area (Å²) in [7, 11) is -4.00. The number of nitrogens with one attached hydrogen (secondary N) is 2. The maximum Gasteiger partial charge on any atom is 0.267 e. The van der Waals surface area contributed by atoms with Crippen LogP contribution < -0.4 is 20.1 Å². The van der Waals surface area contributed by atoms with Crippen LogP contribution in [0.15, 0.2) is 93.6 Å². The quantitative estimate of drug-likeness (QED) is 0.0717. The molecular formula is C46H55Cl4N5O4S2. The molecule has 9 nitrogen and oxygen atoms in total. The molecule has 1 unspecified atom stereocenters. The van der Waals surface area contributed by atoms with E-state index in [0.717, 1.165) is 43.0 Å². The Bertz CT molecular complexity index is 2240. The SMILES string of the molecule is CCCCCCCCCCCCCC(=O)Nc1ccc(Cl)c(N=C2NN(c3c(Cl)cc(Cl)cc3Cl)C(=O)C2Sc2ccccc2N(CCCC)S(=O)(=O)c2ccc(C)cc2)c1. The molecule has 15 heteroatoms. The van der Waals surface area contributed by atoms with E-state index in [1.54, 1.807) is 66.7 Å². The number of sulfonamides is 1. The fraction of sp³-hybridized carbons (Fsp3) is 0.413. The largest absolute Gasteiger partial charge is 0.326 e. The smallest absolute Gasteiger partial charge is 0.267 e. The Balaban J connectivity index is 1.40. The second kappa shape index (κ2) is 23.8. The van der Waals surface area contributed by atoms with Gasteiger partial charge in [-0.25, -0.2) is 18.4 Å². The van der Waals surface area contributed by atoms with Crippen LogP contribution in [-0.4, -0.2) is 37.9 Å². The van der Waals surface area contributed by atoms with Crippen LogP contribution in [0.4, 0.5) is 22.7 Å². The molecule has 0 saturated carbocycles. The Morgan fingerprint density at radius 3 is 2.03 bits per heavy atom. The summed E-state index contributed by atoms with van der Waals surface area (Å²) in [5.74, 6) is -0.402. The van der Waals surface area contributed by atoms with Crippen molar-refractivity contribution in [2.24, 2.45) is 4.99 Å². The second-order valence-corrected chi connectivity index (χ2v) is 19.9. The molecule has 1 saturated heterocycles. The van der Waals surface area contributed by atoms with Crippen molar-refractivity contribution in [2.75, 3.05) is 21.2 Å². The molecule has 1 aliphatic rings. The van der Waals surface area contributed by atoms with Crippen LogP contribution in [0.25, 0.3) is 0 Å². The normalized spacial score (nSPS) is 14.7. The van der Waals surface area contributed by atoms with E-state index in [9.17, 15) is 18.0 Å². The minimum atomic E-state index is -4.00. The summed E-state index contributed by atoms with van der Waals surface area (Å²) in [5, 5.41) is 3.96. The summed E-state index contributed by atoms with van der Waals surface area (Å²) in [5.41, 5.74) is 5.41. The Morgan fingerprint density at radius 2 is 1.39 bits per heavy atom. The first-order valence-corrected chi connectivity index (χ1v) is 25.0. The Morgan fingerprint density at radius 1 is 0.787 bits per heavy atom. The van der Waals surface area contributed by atoms with Gasteiger partial charge in [0.2, 0.25) is 5.91 Å². The van der Waals surface area contributed by atoms with Gasteiger partial charge < -0.3 is 5.32 Å². The number of anilines is 3. The number of rotatable bonds is 23. The molecule has 0 spiro atoms. The number of benzene rings is 4. The van der Waals surface area contributed by atoms with E-state index in [1.165, 1.54) is 72.8 Å². The number of carbonyl (C=O) groups is 2. The highest BCUT2D eigenvalue weighted by molar-refractivity contribution is 8.01. The molecule has 2 N–H and O–H groups in total. The fourth-order valence-electron chi connectivity index (χ4n) is 6.94. The highest BCUT2D eigenvalue weighted by Crippen LogP contribution is 2.43. The lowest BCUT2D eigenvalue weighted by molar-refractivity contribution is -0.117. The van der Waals surface area contributed by atoms with Crippen LogP contribution in [0.2, 0.25) is 20.1 Å². The van der Waals surface area contributed by atoms with Crippen molar-refractivity contribution < 1.29 is 18.0 Å². The van der Waals surface area contributed by atoms with Crippen molar-refractivity contribution >= 4 is 109 Å². The van der Waals surface area contributed by atoms with E-state index in [4.69, 9.17) is 51.4 Å². The fourth-order valence-corrected chi connectivity index (χ4v) is 10.8. The molecule has 4 aromatic carbocycles. The van der Waals surface area contributed by atoms with E-state index >= 15 is 0 Å². The van der Waals surface area contributed by atoms with Gasteiger partial charge in [0.25, 0.3) is 15.9 Å². The third kappa shape index (κ3) is 13.5. The first-order valence-electron chi connectivity index (χ1n) is 21.1. The number of hydrogen-bond acceptors (Lipinski definition) is 6. The average molecular weight is 948 g/mol. The number of hydrazine groups is 1. The van der Waals surface area contributed by atoms with Crippen LogP contribution in [0.3, 0.4) is 0 Å². The summed E-state index contributed by atoms with van der Waals surface area (Å²) in [6.07, 6.45) is 14.9. The lowest BCUT2D eigenvalue weighted by atomic mass is 10.1. The van der Waals surface area contributed by atoms with Crippen LogP contribution in [0.1, 0.15) is 109 Å². The predicted molar refractivity (Wildman–Crippen MR) is 257 cm³/mol. The van der Waals surface area contributed by atoms with Crippen molar-refractivity contribution in [2.45, 2.75) is 126 Å². The molecule has 1 aliphatic heterocycles. The maximum absolute atomic E-state index is 14.5. The van der Waals surface area contributed by atoms with Gasteiger partial charge in [-0.15, -0.1) is 11.8 Å². The highest BCUT2D eigenvalue weighted by Gasteiger charge is 2.42. The number of thioether (sulfide) groups is 1. The Kier molecular flexibility index (Phi) is 19.0. The minimum Gasteiger partial charge on any atom is -0.326 e. The zero-order valence-electron chi connectivity index (χ0n) is 35.0. The summed E-state index contributed by atoms with van der Waals surface area (Å²) in [6, 6.07) is 21.8. The van der Waals surface area contributed by atoms with Crippen LogP contribution >= 0.6 is 58.2 Å². The third-order valence-electron chi connectivity index (χ3n) is 10.3. The molecule has 5 rings (SSSR count). The Labute approximate surface area is 386 Å². The number of nitrogens with zero attached hydrogens (tertiary/aromatic N) is 3. The van der Waals surface area contributed by atoms with Crippen molar-refractivity contribution in [3.05, 3.63) is 105 Å². The Hall–Kier alpha value is -3.45. The van der Waals surface area contributed by atoms with E-state index in [-0.39, 0.29) is 49.0 Å². The number of halogens is 4. The zero-order valence-corrected chi connectivity index (χ0v) is 39.6. The van der Waals surface area contributed by atoms with E-state index in [0.29, 0.717) is 34.8 Å². The van der Waals surface area contributed by atoms with Gasteiger partial charge in [0, 0.05) is 28.6 Å². The van der Waals surface area contributed by atoms with E-state index in [1.807, 2.05) is 13.8 Å². The van der Waals surface area contributed by atoms with Gasteiger partial charge in [0.1, 0.15) is 16.8 Å². The number of hydrogen-bond donors (Lipinski definition) is 2. The number of carbonyl (C=O) groups excluding carboxylic acids is 2. The van der Waals surface area contributed by atoms with E-state index in [2.05, 4.69) is 17.7 Å². The minimum absolute atomic E-state index is 0.109. The second-order valence-electron chi connectivity index (χ2n) is 15.2. The van der Waals surface area contributed by atoms with Crippen LogP contribution in [0, 0.1) is 6.92 Å². The van der Waals surface area contributed by atoms with Crippen molar-refractivity contribution in [1.29, 1.82) is 0 Å². The molecule has 1 heterocycles. The summed E-state index contributed by atoms with van der Waals surface area (Å²) >= 11 is 27.3. The van der Waals surface area contributed by atoms with Crippen LogP contribution in [-0.2, 0) is 19.6 Å². The number of para-hydroxylation sites is 1. The summed E-state index contributed by atoms with van der Waals surface area (Å²) in [4.78, 5) is 33.1. The van der Waals surface area contributed by atoms with Gasteiger partial charge in [0.15, 0.2) is 0 Å². The van der Waals surface area contributed by atoms with Crippen molar-refractivity contribution in [1.82, 2.24) is 5.43 Å². The third-order valence-corrected chi connectivity index (χ3v) is 14.5. The van der Waals surface area contributed by atoms with Gasteiger partial charge in [-0.2, -0.15) is 0 Å². The van der Waals surface area contributed by atoms with Gasteiger partial charge >= 0.3 is 0 Å². The number of unbranched alkanes of at least 4 members (excludes halogenated alkanes) is 11. The molecule has 0 bridgehead atoms. The number of amides is 2. The molecule has 4 aromatic rings. The lowest BCUT2D eigenvalue weighted by Crippen LogP contribution is -2.36. The molecule has 61 heavy (non-hydrogen) atoms. The number of amidine groups is 1. The standard InChI is InChI=1S/C46H55Cl4N5O4S2/c1-4-6-8-9-10-11-12-13-14-15-16-21-42(56)51-34-24-27-36(48)39(31-34)52-45-44(46(57)55(53-45)43-37(49)29-33(47)30-38(43)50)60-41-20-18-17-19-40(41)54(28-7-5-2)61(58,59)35-25-22-32(3)23-26-35/h17-20,22-27,29-31,44H,4-16,21,28H2,1-3H3,(H,51,56)(H,52,53). The molecule has 0 aliphatic carbocycles. The molecular weight excluding hydrogens is 892 g/mol. The lowest BCUT2D eigenvalue weighted by Gasteiger charge is -2.27. The molecule has 0 radical (unpaired) electrons. The van der Waals surface area contributed by atoms with Gasteiger partial charge in [-0.1, -0.05) is 161 Å². The van der Waals surface area contributed by atoms with Crippen LogP contribution in [0.5, 0.6) is 0 Å². The number of aliphatic imine (C=N–C) groups is 1. The molecule has 1 atom stereocenters. The average Bonchev–Trinajstić information content (AvgIpc) is 3.51. The zero-order chi connectivity index (χ0) is 43.9. The first kappa shape index (κ1) is 48.6. The number of aryl methyl sites for hydroxylation is 1. The molecule has 0 aromatic heterocycles. The molecule has 2 amide bonds. The van der Waals surface area contributed by atoms with Crippen molar-refractivity contribution in [3.8, 4) is 0 Å². The monoisotopic (exact) mass is 945 g/mol. The summed E-state index contributed by atoms with van der Waals surface area (Å²) in [6.45, 7) is 6.35. The van der Waals surface area contributed by atoms with E-state index < -0.39 is 21.2 Å². The topological polar surface area (TPSA) is 111 Å². The predicted octanol–water partition coefficient (Wildman–Crippen LogP) is 14.0. The summed E-state index contributed by atoms with van der Waals surface area (Å²) < 4.78 is 29.9. The maximum atomic E-state index is 14.5. The highest BCUT2D eigenvalue weighted by atomic mass is 35.5. The van der Waals surface area contributed by atoms with Crippen molar-refractivity contribution in [3.63, 3.8) is 0 Å². The molecule has 328 valence electrons. The van der Waals surface area contributed by atoms with Gasteiger partial charge in [-0.05, 0) is 74.4 Å².